The lowest BCUT2D eigenvalue weighted by atomic mass is 9.48. The molecule has 4 saturated carbocycles. The second-order valence-electron chi connectivity index (χ2n) is 4.01. The third kappa shape index (κ3) is 0.206. The minimum atomic E-state index is 0.977. The maximum Gasteiger partial charge on any atom is -0.0264 e. The fourth-order valence-corrected chi connectivity index (χ4v) is 3.40. The summed E-state index contributed by atoms with van der Waals surface area (Å²) in [5.74, 6) is 2.45. The van der Waals surface area contributed by atoms with Crippen LogP contribution in [0, 0.1) is 17.3 Å². The van der Waals surface area contributed by atoms with Crippen molar-refractivity contribution < 1.29 is 0 Å². The van der Waals surface area contributed by atoms with Crippen LogP contribution in [0.1, 0.15) is 32.1 Å². The second-order valence-corrected chi connectivity index (χ2v) is 4.01. The number of fused-ring (bicyclic) bond motifs is 1. The molecule has 4 rings (SSSR count). The van der Waals surface area contributed by atoms with Crippen LogP contribution in [0.2, 0.25) is 0 Å². The Morgan fingerprint density at radius 3 is 2.25 bits per heavy atom. The second kappa shape index (κ2) is 0.872. The highest BCUT2D eigenvalue weighted by atomic mass is 14.7. The molecule has 1 spiro atoms. The monoisotopic (exact) mass is 108 g/mol. The molecule has 0 unspecified atom stereocenters. The summed E-state index contributed by atoms with van der Waals surface area (Å²) in [5, 5.41) is 0. The van der Waals surface area contributed by atoms with E-state index in [1.54, 1.807) is 32.1 Å². The Morgan fingerprint density at radius 1 is 1.12 bits per heavy atom. The van der Waals surface area contributed by atoms with Crippen molar-refractivity contribution in [2.45, 2.75) is 32.1 Å². The molecule has 0 aliphatic heterocycles. The van der Waals surface area contributed by atoms with E-state index in [1.165, 1.54) is 11.8 Å². The van der Waals surface area contributed by atoms with Crippen LogP contribution in [-0.2, 0) is 0 Å². The van der Waals surface area contributed by atoms with Crippen LogP contribution in [0.15, 0.2) is 0 Å². The van der Waals surface area contributed by atoms with E-state index in [0.29, 0.717) is 0 Å². The molecule has 0 N–H and O–H groups in total. The fraction of sp³-hybridized carbons (Fsp3) is 1.00. The fourth-order valence-electron chi connectivity index (χ4n) is 3.40. The van der Waals surface area contributed by atoms with Crippen LogP contribution in [0.5, 0.6) is 0 Å². The van der Waals surface area contributed by atoms with Crippen molar-refractivity contribution in [2.75, 3.05) is 0 Å². The molecule has 0 heteroatoms. The van der Waals surface area contributed by atoms with Gasteiger partial charge in [0.2, 0.25) is 0 Å². The molecule has 2 bridgehead atoms. The van der Waals surface area contributed by atoms with Crippen molar-refractivity contribution in [1.82, 2.24) is 0 Å². The summed E-state index contributed by atoms with van der Waals surface area (Å²) in [5.41, 5.74) is 0.977. The van der Waals surface area contributed by atoms with Crippen LogP contribution >= 0.6 is 0 Å². The van der Waals surface area contributed by atoms with Crippen molar-refractivity contribution in [2.24, 2.45) is 17.3 Å². The highest BCUT2D eigenvalue weighted by Crippen LogP contribution is 2.73. The number of hydrogen-bond acceptors (Lipinski definition) is 0. The van der Waals surface area contributed by atoms with Crippen molar-refractivity contribution in [3.05, 3.63) is 0 Å². The molecule has 0 amide bonds. The number of rotatable bonds is 0. The van der Waals surface area contributed by atoms with Gasteiger partial charge in [-0.05, 0) is 49.4 Å². The maximum absolute atomic E-state index is 1.62. The highest BCUT2D eigenvalue weighted by Gasteiger charge is 2.63. The first-order chi connectivity index (χ1) is 3.91. The van der Waals surface area contributed by atoms with Gasteiger partial charge in [-0.15, -0.1) is 0 Å². The van der Waals surface area contributed by atoms with Gasteiger partial charge >= 0.3 is 0 Å². The van der Waals surface area contributed by atoms with Crippen LogP contribution in [-0.4, -0.2) is 0 Å². The zero-order valence-electron chi connectivity index (χ0n) is 5.19. The minimum Gasteiger partial charge on any atom is -0.0496 e. The summed E-state index contributed by atoms with van der Waals surface area (Å²) in [6, 6.07) is 0. The molecular weight excluding hydrogens is 96.1 g/mol. The van der Waals surface area contributed by atoms with Gasteiger partial charge in [-0.2, -0.15) is 0 Å². The van der Waals surface area contributed by atoms with E-state index in [0.717, 1.165) is 5.41 Å². The van der Waals surface area contributed by atoms with E-state index in [1.807, 2.05) is 0 Å². The third-order valence-corrected chi connectivity index (χ3v) is 3.99. The zero-order chi connectivity index (χ0) is 5.19. The molecule has 8 heavy (non-hydrogen) atoms. The highest BCUT2D eigenvalue weighted by molar-refractivity contribution is 5.13. The zero-order valence-corrected chi connectivity index (χ0v) is 5.19. The SMILES string of the molecule is C1C[C@]23CC[C@H]2[C@H]1C3. The number of hydrogen-bond donors (Lipinski definition) is 0. The summed E-state index contributed by atoms with van der Waals surface area (Å²) in [6.45, 7) is 0. The van der Waals surface area contributed by atoms with Crippen LogP contribution in [0.4, 0.5) is 0 Å². The average Bonchev–Trinajstić information content (AvgIpc) is 2.19. The molecule has 0 aromatic rings. The van der Waals surface area contributed by atoms with Gasteiger partial charge in [-0.25, -0.2) is 0 Å². The molecule has 3 atom stereocenters. The van der Waals surface area contributed by atoms with Gasteiger partial charge in [0.15, 0.2) is 0 Å². The van der Waals surface area contributed by atoms with Crippen LogP contribution in [0.25, 0.3) is 0 Å². The van der Waals surface area contributed by atoms with E-state index >= 15 is 0 Å². The molecule has 0 aromatic carbocycles. The predicted octanol–water partition coefficient (Wildman–Crippen LogP) is 2.20. The quantitative estimate of drug-likeness (QED) is 0.446. The molecule has 4 aliphatic carbocycles. The Bertz CT molecular complexity index is 135. The Balaban J connectivity index is 2.05. The lowest BCUT2D eigenvalue weighted by Gasteiger charge is -2.57. The van der Waals surface area contributed by atoms with E-state index in [9.17, 15) is 0 Å². The minimum absolute atomic E-state index is 0.977. The maximum atomic E-state index is 1.62. The van der Waals surface area contributed by atoms with Crippen molar-refractivity contribution >= 4 is 0 Å². The van der Waals surface area contributed by atoms with Gasteiger partial charge in [0.05, 0.1) is 0 Å². The van der Waals surface area contributed by atoms with Gasteiger partial charge < -0.3 is 0 Å². The summed E-state index contributed by atoms with van der Waals surface area (Å²) >= 11 is 0. The topological polar surface area (TPSA) is 0 Å². The lowest BCUT2D eigenvalue weighted by Crippen LogP contribution is -2.48. The molecule has 44 valence electrons. The van der Waals surface area contributed by atoms with Gasteiger partial charge in [-0.3, -0.25) is 0 Å². The van der Waals surface area contributed by atoms with Gasteiger partial charge in [0.25, 0.3) is 0 Å². The summed E-state index contributed by atoms with van der Waals surface area (Å²) < 4.78 is 0. The average molecular weight is 108 g/mol. The normalized spacial score (nSPS) is 66.0. The van der Waals surface area contributed by atoms with E-state index < -0.39 is 0 Å². The molecule has 0 heterocycles. The van der Waals surface area contributed by atoms with Gasteiger partial charge in [0.1, 0.15) is 0 Å². The molecule has 4 fully saturated rings. The van der Waals surface area contributed by atoms with Crippen LogP contribution in [0.3, 0.4) is 0 Å². The third-order valence-electron chi connectivity index (χ3n) is 3.99. The first-order valence-electron chi connectivity index (χ1n) is 3.91. The Kier molecular flexibility index (Phi) is 0.427. The standard InChI is InChI=1S/C8H12/c1-3-8-4-2-7(8)6(1)5-8/h6-7H,1-5H2/t6-,7+,8-/m1/s1. The molecule has 0 saturated heterocycles. The van der Waals surface area contributed by atoms with Gasteiger partial charge in [-0.1, -0.05) is 0 Å². The largest absolute Gasteiger partial charge is 0.0496 e. The smallest absolute Gasteiger partial charge is 0.0264 e. The van der Waals surface area contributed by atoms with E-state index in [4.69, 9.17) is 0 Å². The van der Waals surface area contributed by atoms with Crippen molar-refractivity contribution in [3.63, 3.8) is 0 Å². The first kappa shape index (κ1) is 3.92. The predicted molar refractivity (Wildman–Crippen MR) is 32.5 cm³/mol. The molecule has 0 radical (unpaired) electrons. The molecule has 0 nitrogen and oxygen atoms in total. The summed E-state index contributed by atoms with van der Waals surface area (Å²) in [6.07, 6.45) is 7.99. The van der Waals surface area contributed by atoms with E-state index in [-0.39, 0.29) is 0 Å². The molecule has 0 aromatic heterocycles. The van der Waals surface area contributed by atoms with Gasteiger partial charge in [0, 0.05) is 0 Å². The van der Waals surface area contributed by atoms with Crippen molar-refractivity contribution in [3.8, 4) is 0 Å². The van der Waals surface area contributed by atoms with Crippen LogP contribution < -0.4 is 0 Å². The Hall–Kier alpha value is 0. The Labute approximate surface area is 50.3 Å². The summed E-state index contributed by atoms with van der Waals surface area (Å²) in [7, 11) is 0. The first-order valence-corrected chi connectivity index (χ1v) is 3.91. The molecular formula is C8H12. The lowest BCUT2D eigenvalue weighted by molar-refractivity contribution is -0.0712. The van der Waals surface area contributed by atoms with E-state index in [2.05, 4.69) is 0 Å². The summed E-state index contributed by atoms with van der Waals surface area (Å²) in [4.78, 5) is 0. The molecule has 4 aliphatic rings. The van der Waals surface area contributed by atoms with Crippen molar-refractivity contribution in [1.29, 1.82) is 0 Å². The Morgan fingerprint density at radius 2 is 2.00 bits per heavy atom.